The topological polar surface area (TPSA) is 65.7 Å². The SMILES string of the molecule is COc1ccc(C(=O)Oc2cc(-c3ccccc3C)c3oc(=O)sc3c2)cc1. The molecule has 0 atom stereocenters. The van der Waals surface area contributed by atoms with Gasteiger partial charge in [0.2, 0.25) is 0 Å². The van der Waals surface area contributed by atoms with Crippen molar-refractivity contribution in [2.45, 2.75) is 6.92 Å². The van der Waals surface area contributed by atoms with E-state index in [2.05, 4.69) is 0 Å². The van der Waals surface area contributed by atoms with Crippen LogP contribution >= 0.6 is 11.3 Å². The van der Waals surface area contributed by atoms with Gasteiger partial charge in [0, 0.05) is 11.6 Å². The van der Waals surface area contributed by atoms with Crippen molar-refractivity contribution < 1.29 is 18.7 Å². The number of aryl methyl sites for hydroxylation is 1. The molecule has 0 radical (unpaired) electrons. The molecule has 0 saturated carbocycles. The molecule has 0 fully saturated rings. The second kappa shape index (κ2) is 7.32. The minimum Gasteiger partial charge on any atom is -0.497 e. The number of carbonyl (C=O) groups is 1. The molecule has 0 bridgehead atoms. The largest absolute Gasteiger partial charge is 0.497 e. The summed E-state index contributed by atoms with van der Waals surface area (Å²) in [6.45, 7) is 1.97. The van der Waals surface area contributed by atoms with Crippen molar-refractivity contribution in [2.24, 2.45) is 0 Å². The third-order valence-electron chi connectivity index (χ3n) is 4.38. The fourth-order valence-electron chi connectivity index (χ4n) is 2.98. The van der Waals surface area contributed by atoms with Crippen LogP contribution in [0.3, 0.4) is 0 Å². The Balaban J connectivity index is 1.76. The maximum Gasteiger partial charge on any atom is 0.396 e. The predicted octanol–water partition coefficient (Wildman–Crippen LogP) is 5.06. The van der Waals surface area contributed by atoms with E-state index in [9.17, 15) is 9.59 Å². The van der Waals surface area contributed by atoms with Crippen LogP contribution in [0.4, 0.5) is 0 Å². The number of carbonyl (C=O) groups excluding carboxylic acids is 1. The van der Waals surface area contributed by atoms with Gasteiger partial charge in [-0.25, -0.2) is 9.59 Å². The molecule has 0 aliphatic carbocycles. The highest BCUT2D eigenvalue weighted by molar-refractivity contribution is 7.16. The third kappa shape index (κ3) is 3.42. The maximum absolute atomic E-state index is 12.5. The lowest BCUT2D eigenvalue weighted by molar-refractivity contribution is 0.0735. The van der Waals surface area contributed by atoms with E-state index in [1.54, 1.807) is 43.5 Å². The lowest BCUT2D eigenvalue weighted by atomic mass is 10.00. The summed E-state index contributed by atoms with van der Waals surface area (Å²) in [5.41, 5.74) is 3.55. The molecule has 0 aliphatic rings. The molecule has 5 nitrogen and oxygen atoms in total. The normalized spacial score (nSPS) is 10.8. The molecular weight excluding hydrogens is 376 g/mol. The van der Waals surface area contributed by atoms with Crippen molar-refractivity contribution in [1.82, 2.24) is 0 Å². The molecule has 0 unspecified atom stereocenters. The standard InChI is InChI=1S/C22H16O5S/c1-13-5-3-4-6-17(13)18-11-16(12-19-20(18)27-22(24)28-19)26-21(23)14-7-9-15(25-2)10-8-14/h3-12H,1-2H3. The zero-order valence-corrected chi connectivity index (χ0v) is 16.0. The average molecular weight is 392 g/mol. The van der Waals surface area contributed by atoms with E-state index in [0.717, 1.165) is 22.5 Å². The van der Waals surface area contributed by atoms with Gasteiger partial charge in [-0.1, -0.05) is 35.6 Å². The number of hydrogen-bond donors (Lipinski definition) is 0. The summed E-state index contributed by atoms with van der Waals surface area (Å²) in [7, 11) is 1.56. The Bertz CT molecular complexity index is 1220. The van der Waals surface area contributed by atoms with Crippen molar-refractivity contribution in [3.05, 3.63) is 81.5 Å². The van der Waals surface area contributed by atoms with Crippen LogP contribution in [0.15, 0.2) is 69.9 Å². The molecule has 28 heavy (non-hydrogen) atoms. The zero-order valence-electron chi connectivity index (χ0n) is 15.2. The highest BCUT2D eigenvalue weighted by Gasteiger charge is 2.16. The second-order valence-corrected chi connectivity index (χ2v) is 7.16. The Kier molecular flexibility index (Phi) is 4.71. The molecule has 1 heterocycles. The lowest BCUT2D eigenvalue weighted by Crippen LogP contribution is -2.08. The summed E-state index contributed by atoms with van der Waals surface area (Å²) in [6.07, 6.45) is 0. The summed E-state index contributed by atoms with van der Waals surface area (Å²) < 4.78 is 16.7. The van der Waals surface area contributed by atoms with Gasteiger partial charge in [0.25, 0.3) is 0 Å². The number of hydrogen-bond acceptors (Lipinski definition) is 6. The molecule has 0 saturated heterocycles. The van der Waals surface area contributed by atoms with Gasteiger partial charge < -0.3 is 13.9 Å². The van der Waals surface area contributed by atoms with Gasteiger partial charge in [-0.3, -0.25) is 0 Å². The molecule has 0 aliphatic heterocycles. The van der Waals surface area contributed by atoms with Crippen LogP contribution in [-0.2, 0) is 0 Å². The van der Waals surface area contributed by atoms with Gasteiger partial charge in [-0.15, -0.1) is 0 Å². The van der Waals surface area contributed by atoms with Crippen LogP contribution < -0.4 is 14.4 Å². The first-order valence-corrected chi connectivity index (χ1v) is 9.37. The summed E-state index contributed by atoms with van der Waals surface area (Å²) in [5, 5.41) is 0. The number of rotatable bonds is 4. The van der Waals surface area contributed by atoms with Crippen molar-refractivity contribution in [3.8, 4) is 22.6 Å². The minimum atomic E-state index is -0.492. The first kappa shape index (κ1) is 18.0. The second-order valence-electron chi connectivity index (χ2n) is 6.19. The van der Waals surface area contributed by atoms with Gasteiger partial charge in [0.05, 0.1) is 17.4 Å². The van der Waals surface area contributed by atoms with Crippen LogP contribution in [0.25, 0.3) is 21.4 Å². The van der Waals surface area contributed by atoms with Crippen LogP contribution in [0.2, 0.25) is 0 Å². The van der Waals surface area contributed by atoms with E-state index < -0.39 is 10.9 Å². The Morgan fingerprint density at radius 2 is 1.71 bits per heavy atom. The first-order valence-electron chi connectivity index (χ1n) is 8.55. The third-order valence-corrected chi connectivity index (χ3v) is 5.15. The number of ether oxygens (including phenoxy) is 2. The summed E-state index contributed by atoms with van der Waals surface area (Å²) >= 11 is 0.979. The molecule has 1 aromatic heterocycles. The number of esters is 1. The van der Waals surface area contributed by atoms with E-state index in [4.69, 9.17) is 13.9 Å². The minimum absolute atomic E-state index is 0.351. The quantitative estimate of drug-likeness (QED) is 0.359. The lowest BCUT2D eigenvalue weighted by Gasteiger charge is -2.10. The molecule has 0 N–H and O–H groups in total. The van der Waals surface area contributed by atoms with E-state index in [1.807, 2.05) is 31.2 Å². The maximum atomic E-state index is 12.5. The monoisotopic (exact) mass is 392 g/mol. The van der Waals surface area contributed by atoms with Crippen LogP contribution in [0.1, 0.15) is 15.9 Å². The number of benzene rings is 3. The van der Waals surface area contributed by atoms with Gasteiger partial charge in [0.15, 0.2) is 5.58 Å². The number of methoxy groups -OCH3 is 1. The Hall–Kier alpha value is -3.38. The van der Waals surface area contributed by atoms with E-state index >= 15 is 0 Å². The van der Waals surface area contributed by atoms with Crippen LogP contribution in [-0.4, -0.2) is 13.1 Å². The molecule has 6 heteroatoms. The van der Waals surface area contributed by atoms with Crippen molar-refractivity contribution >= 4 is 27.6 Å². The summed E-state index contributed by atoms with van der Waals surface area (Å²) in [6, 6.07) is 17.8. The fourth-order valence-corrected chi connectivity index (χ4v) is 3.70. The van der Waals surface area contributed by atoms with E-state index in [0.29, 0.717) is 32.9 Å². The predicted molar refractivity (Wildman–Crippen MR) is 108 cm³/mol. The average Bonchev–Trinajstić information content (AvgIpc) is 3.08. The van der Waals surface area contributed by atoms with E-state index in [-0.39, 0.29) is 0 Å². The molecule has 140 valence electrons. The van der Waals surface area contributed by atoms with Gasteiger partial charge >= 0.3 is 10.9 Å². The zero-order chi connectivity index (χ0) is 19.7. The Morgan fingerprint density at radius 1 is 0.964 bits per heavy atom. The van der Waals surface area contributed by atoms with Crippen LogP contribution in [0.5, 0.6) is 11.5 Å². The molecule has 0 amide bonds. The fraction of sp³-hybridized carbons (Fsp3) is 0.0909. The van der Waals surface area contributed by atoms with Gasteiger partial charge in [0.1, 0.15) is 11.5 Å². The Labute approximate surface area is 164 Å². The molecule has 4 aromatic rings. The summed E-state index contributed by atoms with van der Waals surface area (Å²) in [4.78, 5) is 23.9. The van der Waals surface area contributed by atoms with Gasteiger partial charge in [-0.05, 0) is 48.4 Å². The molecular formula is C22H16O5S. The number of fused-ring (bicyclic) bond motifs is 1. The Morgan fingerprint density at radius 3 is 2.43 bits per heavy atom. The smallest absolute Gasteiger partial charge is 0.396 e. The molecule has 0 spiro atoms. The molecule has 4 rings (SSSR count). The van der Waals surface area contributed by atoms with Crippen molar-refractivity contribution in [3.63, 3.8) is 0 Å². The van der Waals surface area contributed by atoms with Gasteiger partial charge in [-0.2, -0.15) is 0 Å². The molecule has 3 aromatic carbocycles. The highest BCUT2D eigenvalue weighted by atomic mass is 32.1. The highest BCUT2D eigenvalue weighted by Crippen LogP contribution is 2.36. The van der Waals surface area contributed by atoms with Crippen molar-refractivity contribution in [1.29, 1.82) is 0 Å². The van der Waals surface area contributed by atoms with Crippen molar-refractivity contribution in [2.75, 3.05) is 7.11 Å². The van der Waals surface area contributed by atoms with E-state index in [1.165, 1.54) is 0 Å². The van der Waals surface area contributed by atoms with Crippen LogP contribution in [0, 0.1) is 6.92 Å². The first-order chi connectivity index (χ1) is 13.5. The summed E-state index contributed by atoms with van der Waals surface area (Å²) in [5.74, 6) is 0.514.